The maximum atomic E-state index is 12.6. The SMILES string of the molecule is CCc1ccc(-c2csc(NC(=O)C(C)OC(=O)c3ccc(S(=O)(=O)C(F)F)cc3)n2)cc1. The van der Waals surface area contributed by atoms with Crippen LogP contribution in [-0.4, -0.2) is 37.1 Å². The summed E-state index contributed by atoms with van der Waals surface area (Å²) in [5.41, 5.74) is 2.71. The highest BCUT2D eigenvalue weighted by Gasteiger charge is 2.27. The Hall–Kier alpha value is -3.18. The standard InChI is InChI=1S/C22H20F2N2O5S2/c1-3-14-4-6-15(7-5-14)18-12-32-22(25-18)26-19(27)13(2)31-20(28)16-8-10-17(11-9-16)33(29,30)21(23)24/h4-13,21H,3H2,1-2H3,(H,25,26,27). The summed E-state index contributed by atoms with van der Waals surface area (Å²) in [4.78, 5) is 28.4. The number of hydrogen-bond acceptors (Lipinski definition) is 7. The van der Waals surface area contributed by atoms with Gasteiger partial charge in [0.25, 0.3) is 5.91 Å². The van der Waals surface area contributed by atoms with Gasteiger partial charge in [0.05, 0.1) is 16.2 Å². The molecular weight excluding hydrogens is 474 g/mol. The summed E-state index contributed by atoms with van der Waals surface area (Å²) in [7, 11) is -4.77. The van der Waals surface area contributed by atoms with Crippen LogP contribution in [-0.2, 0) is 25.8 Å². The van der Waals surface area contributed by atoms with Gasteiger partial charge >= 0.3 is 11.7 Å². The highest BCUT2D eigenvalue weighted by atomic mass is 32.2. The number of carbonyl (C=O) groups excluding carboxylic acids is 2. The predicted octanol–water partition coefficient (Wildman–Crippen LogP) is 4.55. The predicted molar refractivity (Wildman–Crippen MR) is 120 cm³/mol. The van der Waals surface area contributed by atoms with Crippen LogP contribution in [0.4, 0.5) is 13.9 Å². The molecule has 2 aromatic carbocycles. The number of carbonyl (C=O) groups is 2. The Morgan fingerprint density at radius 2 is 1.73 bits per heavy atom. The first kappa shape index (κ1) is 24.5. The van der Waals surface area contributed by atoms with Crippen molar-refractivity contribution in [3.8, 4) is 11.3 Å². The van der Waals surface area contributed by atoms with Gasteiger partial charge in [0.1, 0.15) is 0 Å². The summed E-state index contributed by atoms with van der Waals surface area (Å²) < 4.78 is 53.2. The van der Waals surface area contributed by atoms with Crippen LogP contribution in [0.2, 0.25) is 0 Å². The second-order valence-corrected chi connectivity index (χ2v) is 9.73. The third-order valence-corrected chi connectivity index (χ3v) is 6.85. The van der Waals surface area contributed by atoms with Gasteiger partial charge in [-0.15, -0.1) is 11.3 Å². The molecule has 1 N–H and O–H groups in total. The molecular formula is C22H20F2N2O5S2. The molecule has 0 saturated heterocycles. The fraction of sp³-hybridized carbons (Fsp3) is 0.227. The number of aromatic nitrogens is 1. The molecule has 0 bridgehead atoms. The van der Waals surface area contributed by atoms with E-state index in [1.54, 1.807) is 5.38 Å². The van der Waals surface area contributed by atoms with Crippen molar-refractivity contribution in [3.05, 3.63) is 65.0 Å². The van der Waals surface area contributed by atoms with E-state index in [4.69, 9.17) is 4.74 Å². The van der Waals surface area contributed by atoms with E-state index < -0.39 is 38.5 Å². The number of benzene rings is 2. The molecule has 0 radical (unpaired) electrons. The fourth-order valence-corrected chi connectivity index (χ4v) is 4.19. The number of aryl methyl sites for hydroxylation is 1. The van der Waals surface area contributed by atoms with E-state index in [2.05, 4.69) is 17.2 Å². The minimum Gasteiger partial charge on any atom is -0.449 e. The summed E-state index contributed by atoms with van der Waals surface area (Å²) in [5.74, 6) is -5.09. The maximum absolute atomic E-state index is 12.6. The molecule has 7 nitrogen and oxygen atoms in total. The summed E-state index contributed by atoms with van der Waals surface area (Å²) >= 11 is 1.22. The normalized spacial score (nSPS) is 12.4. The number of halogens is 2. The Bertz CT molecular complexity index is 1240. The molecule has 0 spiro atoms. The van der Waals surface area contributed by atoms with Crippen molar-refractivity contribution in [2.24, 2.45) is 0 Å². The highest BCUT2D eigenvalue weighted by molar-refractivity contribution is 7.91. The minimum atomic E-state index is -4.77. The molecule has 174 valence electrons. The summed E-state index contributed by atoms with van der Waals surface area (Å²) in [5, 5.41) is 4.71. The molecule has 0 aliphatic heterocycles. The van der Waals surface area contributed by atoms with Crippen LogP contribution < -0.4 is 5.32 Å². The van der Waals surface area contributed by atoms with Gasteiger partial charge in [-0.25, -0.2) is 18.2 Å². The Labute approximate surface area is 193 Å². The van der Waals surface area contributed by atoms with E-state index in [-0.39, 0.29) is 5.56 Å². The van der Waals surface area contributed by atoms with E-state index in [0.29, 0.717) is 10.8 Å². The number of hydrogen-bond donors (Lipinski definition) is 1. The number of nitrogens with zero attached hydrogens (tertiary/aromatic N) is 1. The van der Waals surface area contributed by atoms with Crippen LogP contribution >= 0.6 is 11.3 Å². The number of nitrogens with one attached hydrogen (secondary N) is 1. The van der Waals surface area contributed by atoms with E-state index in [1.165, 1.54) is 23.8 Å². The maximum Gasteiger partial charge on any atom is 0.341 e. The Kier molecular flexibility index (Phi) is 7.54. The van der Waals surface area contributed by atoms with E-state index in [9.17, 15) is 26.8 Å². The van der Waals surface area contributed by atoms with Gasteiger partial charge in [0.15, 0.2) is 11.2 Å². The number of ether oxygens (including phenoxy) is 1. The number of anilines is 1. The van der Waals surface area contributed by atoms with Gasteiger partial charge in [-0.3, -0.25) is 10.1 Å². The zero-order chi connectivity index (χ0) is 24.2. The molecule has 3 rings (SSSR count). The van der Waals surface area contributed by atoms with Gasteiger partial charge in [-0.1, -0.05) is 31.2 Å². The first-order valence-corrected chi connectivity index (χ1v) is 12.2. The van der Waals surface area contributed by atoms with Crippen LogP contribution in [0.25, 0.3) is 11.3 Å². The third kappa shape index (κ3) is 5.79. The van der Waals surface area contributed by atoms with Gasteiger partial charge in [0.2, 0.25) is 9.84 Å². The van der Waals surface area contributed by atoms with Crippen molar-refractivity contribution in [2.75, 3.05) is 5.32 Å². The summed E-state index contributed by atoms with van der Waals surface area (Å²) in [6, 6.07) is 11.7. The van der Waals surface area contributed by atoms with Gasteiger partial charge < -0.3 is 4.74 Å². The Morgan fingerprint density at radius 1 is 1.09 bits per heavy atom. The van der Waals surface area contributed by atoms with Crippen molar-refractivity contribution >= 4 is 38.2 Å². The molecule has 1 amide bonds. The number of amides is 1. The van der Waals surface area contributed by atoms with Crippen LogP contribution in [0.1, 0.15) is 29.8 Å². The number of sulfone groups is 1. The average Bonchev–Trinajstić information content (AvgIpc) is 3.27. The van der Waals surface area contributed by atoms with Gasteiger partial charge in [0, 0.05) is 10.9 Å². The molecule has 3 aromatic rings. The molecule has 0 saturated carbocycles. The zero-order valence-electron chi connectivity index (χ0n) is 17.6. The Balaban J connectivity index is 1.60. The second kappa shape index (κ2) is 10.2. The molecule has 0 aliphatic carbocycles. The van der Waals surface area contributed by atoms with E-state index in [1.807, 2.05) is 24.3 Å². The molecule has 1 heterocycles. The molecule has 1 atom stereocenters. The lowest BCUT2D eigenvalue weighted by Crippen LogP contribution is -2.30. The lowest BCUT2D eigenvalue weighted by molar-refractivity contribution is -0.123. The van der Waals surface area contributed by atoms with Gasteiger partial charge in [-0.05, 0) is 43.2 Å². The number of rotatable bonds is 8. The third-order valence-electron chi connectivity index (χ3n) is 4.70. The minimum absolute atomic E-state index is 0.0880. The number of alkyl halides is 2. The van der Waals surface area contributed by atoms with Crippen molar-refractivity contribution in [1.29, 1.82) is 0 Å². The average molecular weight is 495 g/mol. The van der Waals surface area contributed by atoms with Crippen molar-refractivity contribution in [2.45, 2.75) is 37.0 Å². The molecule has 33 heavy (non-hydrogen) atoms. The molecule has 0 aliphatic rings. The quantitative estimate of drug-likeness (QED) is 0.461. The van der Waals surface area contributed by atoms with Crippen LogP contribution in [0.3, 0.4) is 0 Å². The number of thiazole rings is 1. The topological polar surface area (TPSA) is 102 Å². The lowest BCUT2D eigenvalue weighted by atomic mass is 10.1. The van der Waals surface area contributed by atoms with E-state index >= 15 is 0 Å². The molecule has 0 fully saturated rings. The van der Waals surface area contributed by atoms with Crippen molar-refractivity contribution < 1.29 is 31.5 Å². The molecule has 1 aromatic heterocycles. The first-order valence-electron chi connectivity index (χ1n) is 9.80. The summed E-state index contributed by atoms with van der Waals surface area (Å²) in [6.07, 6.45) is -0.257. The lowest BCUT2D eigenvalue weighted by Gasteiger charge is -2.12. The monoisotopic (exact) mass is 494 g/mol. The molecule has 1 unspecified atom stereocenters. The van der Waals surface area contributed by atoms with Crippen molar-refractivity contribution in [3.63, 3.8) is 0 Å². The largest absolute Gasteiger partial charge is 0.449 e. The second-order valence-electron chi connectivity index (χ2n) is 6.96. The van der Waals surface area contributed by atoms with Crippen LogP contribution in [0.15, 0.2) is 58.8 Å². The van der Waals surface area contributed by atoms with Gasteiger partial charge in [-0.2, -0.15) is 8.78 Å². The number of esters is 1. The zero-order valence-corrected chi connectivity index (χ0v) is 19.3. The smallest absolute Gasteiger partial charge is 0.341 e. The Morgan fingerprint density at radius 3 is 2.30 bits per heavy atom. The van der Waals surface area contributed by atoms with E-state index in [0.717, 1.165) is 36.2 Å². The van der Waals surface area contributed by atoms with Crippen LogP contribution in [0.5, 0.6) is 0 Å². The molecule has 11 heteroatoms. The first-order chi connectivity index (χ1) is 15.6. The fourth-order valence-electron chi connectivity index (χ4n) is 2.75. The summed E-state index contributed by atoms with van der Waals surface area (Å²) in [6.45, 7) is 3.42. The van der Waals surface area contributed by atoms with Crippen molar-refractivity contribution in [1.82, 2.24) is 4.98 Å². The van der Waals surface area contributed by atoms with Crippen LogP contribution in [0, 0.1) is 0 Å². The highest BCUT2D eigenvalue weighted by Crippen LogP contribution is 2.25.